The molecule has 0 radical (unpaired) electrons. The molecule has 0 aliphatic rings. The first-order valence-electron chi connectivity index (χ1n) is 12.2. The van der Waals surface area contributed by atoms with Crippen molar-refractivity contribution in [3.63, 3.8) is 0 Å². The Morgan fingerprint density at radius 3 is 2.25 bits per heavy atom. The minimum Gasteiger partial charge on any atom is -0.497 e. The zero-order valence-electron chi connectivity index (χ0n) is 21.0. The molecule has 0 aliphatic heterocycles. The van der Waals surface area contributed by atoms with Crippen LogP contribution in [0.5, 0.6) is 17.4 Å². The number of aromatic hydroxyl groups is 1. The minimum atomic E-state index is -0.650. The molecular weight excluding hydrogens is 456 g/mol. The van der Waals surface area contributed by atoms with Gasteiger partial charge in [-0.3, -0.25) is 14.2 Å². The van der Waals surface area contributed by atoms with Crippen LogP contribution in [0.1, 0.15) is 71.6 Å². The van der Waals surface area contributed by atoms with Gasteiger partial charge in [0, 0.05) is 5.56 Å². The van der Waals surface area contributed by atoms with Crippen molar-refractivity contribution in [3.8, 4) is 23.4 Å². The van der Waals surface area contributed by atoms with Crippen molar-refractivity contribution in [2.45, 2.75) is 52.5 Å². The van der Waals surface area contributed by atoms with Crippen molar-refractivity contribution in [1.29, 1.82) is 5.26 Å². The smallest absolute Gasteiger partial charge is 0.271 e. The second kappa shape index (κ2) is 12.6. The fourth-order valence-electron chi connectivity index (χ4n) is 4.03. The number of benzene rings is 2. The van der Waals surface area contributed by atoms with Crippen LogP contribution in [0.2, 0.25) is 0 Å². The summed E-state index contributed by atoms with van der Waals surface area (Å²) in [5, 5.41) is 20.6. The van der Waals surface area contributed by atoms with Crippen molar-refractivity contribution in [1.82, 2.24) is 4.57 Å². The van der Waals surface area contributed by atoms with Gasteiger partial charge in [-0.2, -0.15) is 5.26 Å². The molecule has 188 valence electrons. The Bertz CT molecular complexity index is 1290. The van der Waals surface area contributed by atoms with Crippen molar-refractivity contribution in [2.75, 3.05) is 13.7 Å². The number of ketones is 1. The number of hydrogen-bond donors (Lipinski definition) is 1. The Morgan fingerprint density at radius 2 is 1.64 bits per heavy atom. The van der Waals surface area contributed by atoms with Gasteiger partial charge in [0.2, 0.25) is 5.88 Å². The van der Waals surface area contributed by atoms with E-state index in [2.05, 4.69) is 6.92 Å². The summed E-state index contributed by atoms with van der Waals surface area (Å²) < 4.78 is 12.0. The quantitative estimate of drug-likeness (QED) is 0.272. The molecule has 0 saturated heterocycles. The van der Waals surface area contributed by atoms with Gasteiger partial charge in [-0.05, 0) is 60.9 Å². The van der Waals surface area contributed by atoms with Gasteiger partial charge in [-0.1, -0.05) is 44.7 Å². The van der Waals surface area contributed by atoms with E-state index in [9.17, 15) is 20.0 Å². The molecule has 3 rings (SSSR count). The van der Waals surface area contributed by atoms with Crippen LogP contribution in [0.25, 0.3) is 0 Å². The predicted molar refractivity (Wildman–Crippen MR) is 138 cm³/mol. The van der Waals surface area contributed by atoms with E-state index in [1.807, 2.05) is 6.07 Å². The fourth-order valence-corrected chi connectivity index (χ4v) is 4.03. The van der Waals surface area contributed by atoms with Gasteiger partial charge in [-0.25, -0.2) is 0 Å². The molecule has 0 saturated carbocycles. The van der Waals surface area contributed by atoms with E-state index < -0.39 is 17.2 Å². The summed E-state index contributed by atoms with van der Waals surface area (Å²) in [4.78, 5) is 26.3. The number of hydrogen-bond acceptors (Lipinski definition) is 6. The van der Waals surface area contributed by atoms with E-state index in [0.29, 0.717) is 29.2 Å². The van der Waals surface area contributed by atoms with E-state index in [4.69, 9.17) is 9.47 Å². The van der Waals surface area contributed by atoms with Gasteiger partial charge in [0.15, 0.2) is 5.78 Å². The number of ether oxygens (including phenoxy) is 2. The van der Waals surface area contributed by atoms with Crippen LogP contribution >= 0.6 is 0 Å². The molecule has 0 aliphatic carbocycles. The van der Waals surface area contributed by atoms with Crippen molar-refractivity contribution in [3.05, 3.63) is 86.7 Å². The number of nitrogens with zero attached hydrogens (tertiary/aromatic N) is 2. The van der Waals surface area contributed by atoms with Crippen LogP contribution in [-0.4, -0.2) is 29.2 Å². The van der Waals surface area contributed by atoms with E-state index in [-0.39, 0.29) is 23.2 Å². The summed E-state index contributed by atoms with van der Waals surface area (Å²) in [5.74, 6) is 0.364. The molecule has 2 aromatic carbocycles. The lowest BCUT2D eigenvalue weighted by Crippen LogP contribution is -2.27. The molecular formula is C29H32N2O5. The average molecular weight is 489 g/mol. The average Bonchev–Trinajstić information content (AvgIpc) is 2.89. The minimum absolute atomic E-state index is 0.00502. The Hall–Kier alpha value is -4.05. The van der Waals surface area contributed by atoms with E-state index in [1.54, 1.807) is 55.6 Å². The number of rotatable bonds is 12. The molecule has 0 spiro atoms. The molecule has 0 bridgehead atoms. The first-order chi connectivity index (χ1) is 17.4. The van der Waals surface area contributed by atoms with Gasteiger partial charge in [0.1, 0.15) is 23.1 Å². The number of carbonyl (C=O) groups excluding carboxylic acids is 1. The lowest BCUT2D eigenvalue weighted by Gasteiger charge is -2.16. The van der Waals surface area contributed by atoms with E-state index >= 15 is 0 Å². The van der Waals surface area contributed by atoms with Crippen LogP contribution in [0.4, 0.5) is 0 Å². The molecule has 0 atom stereocenters. The van der Waals surface area contributed by atoms with Crippen molar-refractivity contribution >= 4 is 5.78 Å². The van der Waals surface area contributed by atoms with Crippen LogP contribution < -0.4 is 15.0 Å². The number of pyridine rings is 1. The van der Waals surface area contributed by atoms with E-state index in [1.165, 1.54) is 26.2 Å². The maximum atomic E-state index is 13.4. The van der Waals surface area contributed by atoms with Crippen LogP contribution in [-0.2, 0) is 6.54 Å². The van der Waals surface area contributed by atoms with Gasteiger partial charge in [0.25, 0.3) is 5.56 Å². The second-order valence-electron chi connectivity index (χ2n) is 8.67. The maximum absolute atomic E-state index is 13.4. The van der Waals surface area contributed by atoms with Gasteiger partial charge in [0.05, 0.1) is 25.8 Å². The van der Waals surface area contributed by atoms with Gasteiger partial charge >= 0.3 is 0 Å². The Balaban J connectivity index is 1.85. The second-order valence-corrected chi connectivity index (χ2v) is 8.67. The first kappa shape index (κ1) is 26.6. The third kappa shape index (κ3) is 6.14. The van der Waals surface area contributed by atoms with Gasteiger partial charge in [-0.15, -0.1) is 0 Å². The van der Waals surface area contributed by atoms with Crippen LogP contribution in [0, 0.1) is 18.3 Å². The lowest BCUT2D eigenvalue weighted by molar-refractivity contribution is 0.103. The molecule has 1 aromatic heterocycles. The molecule has 7 heteroatoms. The maximum Gasteiger partial charge on any atom is 0.271 e. The summed E-state index contributed by atoms with van der Waals surface area (Å²) in [6.07, 6.45) is 5.71. The summed E-state index contributed by atoms with van der Waals surface area (Å²) in [6, 6.07) is 15.5. The molecule has 36 heavy (non-hydrogen) atoms. The first-order valence-corrected chi connectivity index (χ1v) is 12.2. The number of carbonyl (C=O) groups is 1. The highest BCUT2D eigenvalue weighted by Gasteiger charge is 2.25. The highest BCUT2D eigenvalue weighted by Crippen LogP contribution is 2.27. The largest absolute Gasteiger partial charge is 0.497 e. The Labute approximate surface area is 211 Å². The highest BCUT2D eigenvalue weighted by molar-refractivity contribution is 6.11. The topological polar surface area (TPSA) is 102 Å². The van der Waals surface area contributed by atoms with Gasteiger partial charge < -0.3 is 14.6 Å². The highest BCUT2D eigenvalue weighted by atomic mass is 16.5. The molecule has 7 nitrogen and oxygen atoms in total. The Morgan fingerprint density at radius 1 is 1.00 bits per heavy atom. The SMILES string of the molecule is CCCCCCCOc1ccc(C(=O)c2c(C)c(C#N)c(=O)n(Cc3ccc(OC)cc3)c2O)cc1. The van der Waals surface area contributed by atoms with E-state index in [0.717, 1.165) is 17.4 Å². The molecule has 3 aromatic rings. The van der Waals surface area contributed by atoms with Crippen molar-refractivity contribution < 1.29 is 19.4 Å². The van der Waals surface area contributed by atoms with Crippen molar-refractivity contribution in [2.24, 2.45) is 0 Å². The number of methoxy groups -OCH3 is 1. The molecule has 0 fully saturated rings. The normalized spacial score (nSPS) is 10.6. The molecule has 1 heterocycles. The third-order valence-corrected chi connectivity index (χ3v) is 6.16. The number of unbranched alkanes of at least 4 members (excludes halogenated alkanes) is 4. The zero-order valence-corrected chi connectivity index (χ0v) is 21.0. The van der Waals surface area contributed by atoms with Crippen LogP contribution in [0.3, 0.4) is 0 Å². The third-order valence-electron chi connectivity index (χ3n) is 6.16. The molecule has 0 amide bonds. The van der Waals surface area contributed by atoms with Crippen LogP contribution in [0.15, 0.2) is 53.3 Å². The summed E-state index contributed by atoms with van der Waals surface area (Å²) in [7, 11) is 1.55. The Kier molecular flexibility index (Phi) is 9.29. The number of aromatic nitrogens is 1. The lowest BCUT2D eigenvalue weighted by atomic mass is 9.97. The molecule has 0 unspecified atom stereocenters. The summed E-state index contributed by atoms with van der Waals surface area (Å²) in [5.41, 5.74) is 0.292. The molecule has 1 N–H and O–H groups in total. The number of nitriles is 1. The zero-order chi connectivity index (χ0) is 26.1. The monoisotopic (exact) mass is 488 g/mol. The standard InChI is InChI=1S/C29H32N2O5/c1-4-5-6-7-8-17-36-24-15-11-22(12-16-24)27(32)26-20(2)25(18-30)28(33)31(29(26)34)19-21-9-13-23(35-3)14-10-21/h9-16,34H,4-8,17,19H2,1-3H3. The summed E-state index contributed by atoms with van der Waals surface area (Å²) >= 11 is 0. The fraction of sp³-hybridized carbons (Fsp3) is 0.345. The summed E-state index contributed by atoms with van der Waals surface area (Å²) in [6.45, 7) is 4.28. The predicted octanol–water partition coefficient (Wildman–Crippen LogP) is 5.37.